The van der Waals surface area contributed by atoms with E-state index in [1.165, 1.54) is 23.9 Å². The second-order valence-corrected chi connectivity index (χ2v) is 5.38. The molecular formula is C13H14N2O4S. The number of amides is 2. The minimum atomic E-state index is -0.537. The van der Waals surface area contributed by atoms with Gasteiger partial charge in [0.25, 0.3) is 5.91 Å². The number of nitrogens with one attached hydrogen (secondary N) is 2. The Morgan fingerprint density at radius 1 is 1.35 bits per heavy atom. The van der Waals surface area contributed by atoms with Crippen LogP contribution in [-0.2, 0) is 9.59 Å². The van der Waals surface area contributed by atoms with E-state index in [-0.39, 0.29) is 23.0 Å². The summed E-state index contributed by atoms with van der Waals surface area (Å²) in [6.45, 7) is -0.235. The van der Waals surface area contributed by atoms with Crippen molar-refractivity contribution in [3.05, 3.63) is 29.8 Å². The van der Waals surface area contributed by atoms with Gasteiger partial charge < -0.3 is 15.7 Å². The van der Waals surface area contributed by atoms with Crippen LogP contribution in [0.25, 0.3) is 0 Å². The SMILES string of the molecule is O=C(CNC(=O)c1ccccc1O)NC1CCSC1=O. The Morgan fingerprint density at radius 2 is 2.10 bits per heavy atom. The van der Waals surface area contributed by atoms with Gasteiger partial charge in [0.1, 0.15) is 5.75 Å². The summed E-state index contributed by atoms with van der Waals surface area (Å²) in [7, 11) is 0. The van der Waals surface area contributed by atoms with Crippen molar-refractivity contribution in [3.8, 4) is 5.75 Å². The molecule has 1 aromatic rings. The van der Waals surface area contributed by atoms with Crippen LogP contribution in [0.15, 0.2) is 24.3 Å². The average molecular weight is 294 g/mol. The molecule has 0 radical (unpaired) electrons. The molecule has 0 saturated carbocycles. The smallest absolute Gasteiger partial charge is 0.255 e. The van der Waals surface area contributed by atoms with Crippen molar-refractivity contribution in [2.24, 2.45) is 0 Å². The number of aromatic hydroxyl groups is 1. The van der Waals surface area contributed by atoms with Gasteiger partial charge >= 0.3 is 0 Å². The van der Waals surface area contributed by atoms with Gasteiger partial charge in [-0.2, -0.15) is 0 Å². The van der Waals surface area contributed by atoms with Crippen molar-refractivity contribution in [1.29, 1.82) is 0 Å². The maximum absolute atomic E-state index is 11.7. The molecule has 3 N–H and O–H groups in total. The fraction of sp³-hybridized carbons (Fsp3) is 0.308. The molecule has 1 aliphatic rings. The number of thioether (sulfide) groups is 1. The van der Waals surface area contributed by atoms with Crippen LogP contribution in [-0.4, -0.2) is 40.4 Å². The lowest BCUT2D eigenvalue weighted by molar-refractivity contribution is -0.123. The van der Waals surface area contributed by atoms with Gasteiger partial charge in [-0.15, -0.1) is 0 Å². The molecule has 20 heavy (non-hydrogen) atoms. The lowest BCUT2D eigenvalue weighted by Crippen LogP contribution is -2.43. The number of benzene rings is 1. The molecule has 1 saturated heterocycles. The Bertz CT molecular complexity index is 547. The number of carbonyl (C=O) groups is 3. The van der Waals surface area contributed by atoms with E-state index in [0.717, 1.165) is 0 Å². The zero-order chi connectivity index (χ0) is 14.5. The van der Waals surface area contributed by atoms with Crippen LogP contribution in [0.1, 0.15) is 16.8 Å². The van der Waals surface area contributed by atoms with Crippen molar-refractivity contribution in [2.45, 2.75) is 12.5 Å². The zero-order valence-electron chi connectivity index (χ0n) is 10.6. The van der Waals surface area contributed by atoms with Crippen LogP contribution < -0.4 is 10.6 Å². The largest absolute Gasteiger partial charge is 0.507 e. The highest BCUT2D eigenvalue weighted by Crippen LogP contribution is 2.19. The van der Waals surface area contributed by atoms with Crippen molar-refractivity contribution >= 4 is 28.7 Å². The summed E-state index contributed by atoms with van der Waals surface area (Å²) in [5.41, 5.74) is 0.104. The highest BCUT2D eigenvalue weighted by atomic mass is 32.2. The monoisotopic (exact) mass is 294 g/mol. The standard InChI is InChI=1S/C13H14N2O4S/c16-10-4-2-1-3-8(10)12(18)14-7-11(17)15-9-5-6-20-13(9)19/h1-4,9,16H,5-7H2,(H,14,18)(H,15,17). The van der Waals surface area contributed by atoms with E-state index >= 15 is 0 Å². The Morgan fingerprint density at radius 3 is 2.75 bits per heavy atom. The van der Waals surface area contributed by atoms with Gasteiger partial charge in [0.2, 0.25) is 11.0 Å². The highest BCUT2D eigenvalue weighted by Gasteiger charge is 2.26. The Kier molecular flexibility index (Phi) is 4.62. The third kappa shape index (κ3) is 3.51. The number of rotatable bonds is 4. The van der Waals surface area contributed by atoms with Crippen LogP contribution in [0.2, 0.25) is 0 Å². The van der Waals surface area contributed by atoms with Gasteiger partial charge in [-0.25, -0.2) is 0 Å². The predicted octanol–water partition coefficient (Wildman–Crippen LogP) is 0.270. The minimum Gasteiger partial charge on any atom is -0.507 e. The molecule has 1 heterocycles. The Hall–Kier alpha value is -2.02. The molecule has 0 aliphatic carbocycles. The molecule has 0 spiro atoms. The molecule has 7 heteroatoms. The molecule has 2 amide bonds. The van der Waals surface area contributed by atoms with Gasteiger partial charge in [0, 0.05) is 5.75 Å². The van der Waals surface area contributed by atoms with E-state index in [1.807, 2.05) is 0 Å². The summed E-state index contributed by atoms with van der Waals surface area (Å²) in [4.78, 5) is 34.7. The number of phenols is 1. The fourth-order valence-corrected chi connectivity index (χ4v) is 2.73. The first-order chi connectivity index (χ1) is 9.58. The number of carbonyl (C=O) groups excluding carboxylic acids is 3. The lowest BCUT2D eigenvalue weighted by Gasteiger charge is -2.11. The van der Waals surface area contributed by atoms with Crippen molar-refractivity contribution in [1.82, 2.24) is 10.6 Å². The van der Waals surface area contributed by atoms with E-state index in [0.29, 0.717) is 12.2 Å². The van der Waals surface area contributed by atoms with Crippen molar-refractivity contribution in [2.75, 3.05) is 12.3 Å². The van der Waals surface area contributed by atoms with E-state index in [4.69, 9.17) is 0 Å². The summed E-state index contributed by atoms with van der Waals surface area (Å²) in [5, 5.41) is 14.4. The fourth-order valence-electron chi connectivity index (χ4n) is 1.79. The molecular weight excluding hydrogens is 280 g/mol. The van der Waals surface area contributed by atoms with Crippen LogP contribution in [0.5, 0.6) is 5.75 Å². The lowest BCUT2D eigenvalue weighted by atomic mass is 10.2. The number of para-hydroxylation sites is 1. The van der Waals surface area contributed by atoms with Gasteiger partial charge in [0.05, 0.1) is 18.2 Å². The van der Waals surface area contributed by atoms with E-state index in [1.54, 1.807) is 12.1 Å². The molecule has 106 valence electrons. The third-order valence-electron chi connectivity index (χ3n) is 2.83. The predicted molar refractivity (Wildman–Crippen MR) is 74.5 cm³/mol. The molecule has 1 aliphatic heterocycles. The number of hydrogen-bond acceptors (Lipinski definition) is 5. The summed E-state index contributed by atoms with van der Waals surface area (Å²) >= 11 is 1.20. The van der Waals surface area contributed by atoms with Crippen LogP contribution in [0.4, 0.5) is 0 Å². The second kappa shape index (κ2) is 6.42. The topological polar surface area (TPSA) is 95.5 Å². The van der Waals surface area contributed by atoms with Crippen LogP contribution in [0.3, 0.4) is 0 Å². The maximum Gasteiger partial charge on any atom is 0.255 e. The summed E-state index contributed by atoms with van der Waals surface area (Å²) < 4.78 is 0. The number of hydrogen-bond donors (Lipinski definition) is 3. The molecule has 0 aromatic heterocycles. The minimum absolute atomic E-state index is 0.0506. The molecule has 1 unspecified atom stereocenters. The Labute approximate surface area is 119 Å². The Balaban J connectivity index is 1.83. The van der Waals surface area contributed by atoms with Crippen LogP contribution in [0, 0.1) is 0 Å². The molecule has 1 fully saturated rings. The maximum atomic E-state index is 11.7. The summed E-state index contributed by atoms with van der Waals surface area (Å²) in [6, 6.07) is 5.60. The number of phenolic OH excluding ortho intramolecular Hbond substituents is 1. The van der Waals surface area contributed by atoms with Crippen LogP contribution >= 0.6 is 11.8 Å². The van der Waals surface area contributed by atoms with Gasteiger partial charge in [-0.05, 0) is 18.6 Å². The molecule has 1 atom stereocenters. The zero-order valence-corrected chi connectivity index (χ0v) is 11.4. The summed E-state index contributed by atoms with van der Waals surface area (Å²) in [5.74, 6) is -0.402. The third-order valence-corrected chi connectivity index (χ3v) is 3.84. The van der Waals surface area contributed by atoms with Crippen molar-refractivity contribution in [3.63, 3.8) is 0 Å². The first kappa shape index (κ1) is 14.4. The normalized spacial score (nSPS) is 17.8. The quantitative estimate of drug-likeness (QED) is 0.741. The van der Waals surface area contributed by atoms with Crippen molar-refractivity contribution < 1.29 is 19.5 Å². The average Bonchev–Trinajstić information content (AvgIpc) is 2.82. The van der Waals surface area contributed by atoms with Gasteiger partial charge in [0.15, 0.2) is 0 Å². The van der Waals surface area contributed by atoms with Gasteiger partial charge in [-0.3, -0.25) is 14.4 Å². The highest BCUT2D eigenvalue weighted by molar-refractivity contribution is 8.14. The summed E-state index contributed by atoms with van der Waals surface area (Å²) in [6.07, 6.45) is 0.614. The molecule has 6 nitrogen and oxygen atoms in total. The van der Waals surface area contributed by atoms with E-state index in [2.05, 4.69) is 10.6 Å². The molecule has 0 bridgehead atoms. The first-order valence-electron chi connectivity index (χ1n) is 6.10. The molecule has 2 rings (SSSR count). The van der Waals surface area contributed by atoms with Gasteiger partial charge in [-0.1, -0.05) is 23.9 Å². The van der Waals surface area contributed by atoms with E-state index in [9.17, 15) is 19.5 Å². The van der Waals surface area contributed by atoms with E-state index < -0.39 is 17.9 Å². The second-order valence-electron chi connectivity index (χ2n) is 4.28. The molecule has 1 aromatic carbocycles. The first-order valence-corrected chi connectivity index (χ1v) is 7.08.